The van der Waals surface area contributed by atoms with Crippen molar-refractivity contribution >= 4 is 56.8 Å². The Bertz CT molecular complexity index is 1850. The fraction of sp³-hybridized carbons (Fsp3) is 0.150. The van der Waals surface area contributed by atoms with E-state index in [4.69, 9.17) is 10.5 Å². The van der Waals surface area contributed by atoms with Crippen molar-refractivity contribution in [1.82, 2.24) is 0 Å². The Morgan fingerprint density at radius 3 is 1.31 bits per heavy atom. The molecule has 0 unspecified atom stereocenters. The van der Waals surface area contributed by atoms with Crippen molar-refractivity contribution in [2.45, 2.75) is 39.2 Å². The van der Waals surface area contributed by atoms with Crippen LogP contribution in [0.15, 0.2) is 142 Å². The summed E-state index contributed by atoms with van der Waals surface area (Å²) in [7, 11) is 0. The highest BCUT2D eigenvalue weighted by Crippen LogP contribution is 2.37. The maximum atomic E-state index is 8.91. The third kappa shape index (κ3) is 7.58. The number of thioether (sulfide) groups is 3. The van der Waals surface area contributed by atoms with Crippen molar-refractivity contribution in [2.24, 2.45) is 0 Å². The molecule has 0 heterocycles. The van der Waals surface area contributed by atoms with E-state index >= 15 is 0 Å². The number of nitrogens with zero attached hydrogens (tertiary/aromatic N) is 2. The van der Waals surface area contributed by atoms with E-state index < -0.39 is 0 Å². The molecule has 0 spiro atoms. The van der Waals surface area contributed by atoms with Gasteiger partial charge in [-0.3, -0.25) is 0 Å². The predicted molar refractivity (Wildman–Crippen MR) is 193 cm³/mol. The van der Waals surface area contributed by atoms with E-state index in [-0.39, 0.29) is 5.92 Å². The monoisotopic (exact) mass is 636 g/mol. The summed E-state index contributed by atoms with van der Waals surface area (Å²) in [5.41, 5.74) is 5.13. The van der Waals surface area contributed by atoms with Crippen molar-refractivity contribution in [2.75, 3.05) is 11.5 Å². The van der Waals surface area contributed by atoms with Gasteiger partial charge >= 0.3 is 0 Å². The number of hydrogen-bond donors (Lipinski definition) is 0. The number of fused-ring (bicyclic) bond motifs is 2. The van der Waals surface area contributed by atoms with E-state index in [1.807, 2.05) is 11.8 Å². The molecule has 0 atom stereocenters. The van der Waals surface area contributed by atoms with E-state index in [0.29, 0.717) is 12.8 Å². The Labute approximate surface area is 278 Å². The molecule has 6 aromatic rings. The van der Waals surface area contributed by atoms with Crippen LogP contribution in [-0.2, 0) is 5.75 Å². The molecule has 0 saturated carbocycles. The molecule has 2 nitrogen and oxygen atoms in total. The SMILES string of the molecule is N#CCCSc1ccc(C(c2ccc(SCCC#N)cc2)c2ccc(SCc3c4ccccc4cc4ccccc34)cc2)cc1. The lowest BCUT2D eigenvalue weighted by Gasteiger charge is -2.20. The highest BCUT2D eigenvalue weighted by atomic mass is 32.2. The summed E-state index contributed by atoms with van der Waals surface area (Å²) in [5, 5.41) is 23.0. The summed E-state index contributed by atoms with van der Waals surface area (Å²) >= 11 is 5.33. The van der Waals surface area contributed by atoms with Gasteiger partial charge < -0.3 is 0 Å². The summed E-state index contributed by atoms with van der Waals surface area (Å²) < 4.78 is 0. The van der Waals surface area contributed by atoms with Crippen molar-refractivity contribution < 1.29 is 0 Å². The Morgan fingerprint density at radius 1 is 0.489 bits per heavy atom. The first-order valence-electron chi connectivity index (χ1n) is 15.0. The first-order chi connectivity index (χ1) is 22.2. The van der Waals surface area contributed by atoms with Gasteiger partial charge in [0.1, 0.15) is 0 Å². The van der Waals surface area contributed by atoms with E-state index in [9.17, 15) is 0 Å². The van der Waals surface area contributed by atoms with Crippen LogP contribution in [0, 0.1) is 22.7 Å². The van der Waals surface area contributed by atoms with Gasteiger partial charge in [-0.15, -0.1) is 35.3 Å². The molecule has 6 rings (SSSR count). The maximum absolute atomic E-state index is 8.91. The smallest absolute Gasteiger partial charge is 0.0630 e. The lowest BCUT2D eigenvalue weighted by atomic mass is 9.85. The minimum atomic E-state index is 0.0994. The molecule has 0 aliphatic rings. The summed E-state index contributed by atoms with van der Waals surface area (Å²) in [5.74, 6) is 2.61. The molecule has 0 amide bonds. The Balaban J connectivity index is 1.26. The first kappa shape index (κ1) is 30.9. The maximum Gasteiger partial charge on any atom is 0.0630 e. The molecular formula is C40H32N2S3. The molecular weight excluding hydrogens is 605 g/mol. The van der Waals surface area contributed by atoms with Crippen molar-refractivity contribution in [3.8, 4) is 12.1 Å². The highest BCUT2D eigenvalue weighted by Gasteiger charge is 2.18. The lowest BCUT2D eigenvalue weighted by Crippen LogP contribution is -2.03. The van der Waals surface area contributed by atoms with Crippen LogP contribution in [0.4, 0.5) is 0 Å². The average molecular weight is 637 g/mol. The van der Waals surface area contributed by atoms with E-state index in [2.05, 4.69) is 140 Å². The van der Waals surface area contributed by atoms with Crippen molar-refractivity contribution in [3.05, 3.63) is 150 Å². The minimum absolute atomic E-state index is 0.0994. The van der Waals surface area contributed by atoms with Crippen LogP contribution in [0.5, 0.6) is 0 Å². The van der Waals surface area contributed by atoms with Crippen molar-refractivity contribution in [3.63, 3.8) is 0 Å². The van der Waals surface area contributed by atoms with E-state index in [1.165, 1.54) is 58.5 Å². The number of benzene rings is 6. The van der Waals surface area contributed by atoms with Gasteiger partial charge in [-0.1, -0.05) is 84.9 Å². The third-order valence-electron chi connectivity index (χ3n) is 7.87. The standard InChI is InChI=1S/C40H32N2S3/c41-23-5-25-43-34-17-11-29(12-18-34)40(30-13-19-35(20-14-30)44-26-6-24-42)31-15-21-36(22-16-31)45-28-39-37-9-3-1-7-32(37)27-33-8-2-4-10-38(33)39/h1-4,7-22,27,40H,5-6,25-26,28H2. The zero-order valence-corrected chi connectivity index (χ0v) is 27.3. The number of hydrogen-bond acceptors (Lipinski definition) is 5. The van der Waals surface area contributed by atoms with E-state index in [0.717, 1.165) is 17.3 Å². The summed E-state index contributed by atoms with van der Waals surface area (Å²) in [6, 6.07) is 50.8. The van der Waals surface area contributed by atoms with Gasteiger partial charge in [0.15, 0.2) is 0 Å². The Morgan fingerprint density at radius 2 is 0.889 bits per heavy atom. The van der Waals surface area contributed by atoms with Gasteiger partial charge in [0, 0.05) is 50.7 Å². The Hall–Kier alpha value is -4.13. The topological polar surface area (TPSA) is 47.6 Å². The second kappa shape index (κ2) is 15.2. The molecule has 6 aromatic carbocycles. The second-order valence-corrected chi connectivity index (χ2v) is 14.1. The molecule has 0 aromatic heterocycles. The molecule has 0 aliphatic heterocycles. The first-order valence-corrected chi connectivity index (χ1v) is 18.0. The van der Waals surface area contributed by atoms with Gasteiger partial charge in [-0.2, -0.15) is 10.5 Å². The zero-order valence-electron chi connectivity index (χ0n) is 24.9. The lowest BCUT2D eigenvalue weighted by molar-refractivity contribution is 0.967. The molecule has 0 bridgehead atoms. The van der Waals surface area contributed by atoms with Crippen LogP contribution >= 0.6 is 35.3 Å². The number of nitriles is 2. The van der Waals surface area contributed by atoms with Gasteiger partial charge in [0.25, 0.3) is 0 Å². The number of rotatable bonds is 12. The van der Waals surface area contributed by atoms with Crippen LogP contribution < -0.4 is 0 Å². The molecule has 0 fully saturated rings. The summed E-state index contributed by atoms with van der Waals surface area (Å²) in [4.78, 5) is 3.62. The second-order valence-electron chi connectivity index (χ2n) is 10.7. The quantitative estimate of drug-likeness (QED) is 0.0579. The third-order valence-corrected chi connectivity index (χ3v) is 10.9. The van der Waals surface area contributed by atoms with E-state index in [1.54, 1.807) is 23.5 Å². The fourth-order valence-electron chi connectivity index (χ4n) is 5.69. The van der Waals surface area contributed by atoms with Gasteiger partial charge in [0.05, 0.1) is 12.1 Å². The zero-order chi connectivity index (χ0) is 30.8. The van der Waals surface area contributed by atoms with Crippen LogP contribution in [0.1, 0.15) is 41.0 Å². The van der Waals surface area contributed by atoms with Crippen LogP contribution in [0.25, 0.3) is 21.5 Å². The molecule has 0 N–H and O–H groups in total. The minimum Gasteiger partial charge on any atom is -0.198 e. The highest BCUT2D eigenvalue weighted by molar-refractivity contribution is 7.99. The predicted octanol–water partition coefficient (Wildman–Crippen LogP) is 11.5. The molecule has 0 aliphatic carbocycles. The normalized spacial score (nSPS) is 11.1. The molecule has 45 heavy (non-hydrogen) atoms. The van der Waals surface area contributed by atoms with Crippen LogP contribution in [-0.4, -0.2) is 11.5 Å². The molecule has 220 valence electrons. The largest absolute Gasteiger partial charge is 0.198 e. The fourth-order valence-corrected chi connectivity index (χ4v) is 8.16. The molecule has 0 saturated heterocycles. The summed E-state index contributed by atoms with van der Waals surface area (Å²) in [6.45, 7) is 0. The van der Waals surface area contributed by atoms with Gasteiger partial charge in [-0.25, -0.2) is 0 Å². The average Bonchev–Trinajstić information content (AvgIpc) is 3.09. The molecule has 5 heteroatoms. The van der Waals surface area contributed by atoms with Crippen LogP contribution in [0.3, 0.4) is 0 Å². The Kier molecular flexibility index (Phi) is 10.5. The van der Waals surface area contributed by atoms with Gasteiger partial charge in [0.2, 0.25) is 0 Å². The summed E-state index contributed by atoms with van der Waals surface area (Å²) in [6.07, 6.45) is 1.10. The van der Waals surface area contributed by atoms with Crippen molar-refractivity contribution in [1.29, 1.82) is 10.5 Å². The molecule has 0 radical (unpaired) electrons. The van der Waals surface area contributed by atoms with Crippen LogP contribution in [0.2, 0.25) is 0 Å². The van der Waals surface area contributed by atoms with Gasteiger partial charge in [-0.05, 0) is 86.3 Å².